The number of aromatic nitrogens is 2. The van der Waals surface area contributed by atoms with E-state index in [1.807, 2.05) is 24.3 Å². The lowest BCUT2D eigenvalue weighted by atomic mass is 9.84. The Balaban J connectivity index is 1.23. The minimum Gasteiger partial charge on any atom is -0.497 e. The average molecular weight is 419 g/mol. The molecule has 1 aromatic heterocycles. The first-order valence-corrected chi connectivity index (χ1v) is 11.6. The van der Waals surface area contributed by atoms with Crippen molar-refractivity contribution in [3.05, 3.63) is 24.3 Å². The lowest BCUT2D eigenvalue weighted by Crippen LogP contribution is -2.40. The number of fused-ring (bicyclic) bond motifs is 2. The van der Waals surface area contributed by atoms with Gasteiger partial charge in [0.1, 0.15) is 5.75 Å². The number of ether oxygens (including phenoxy) is 1. The first-order chi connectivity index (χ1) is 13.6. The number of amides is 1. The number of nitrogens with one attached hydrogen (secondary N) is 2. The molecule has 4 atom stereocenters. The lowest BCUT2D eigenvalue weighted by molar-refractivity contribution is -0.119. The van der Waals surface area contributed by atoms with E-state index in [9.17, 15) is 4.79 Å². The van der Waals surface area contributed by atoms with Crippen LogP contribution in [-0.4, -0.2) is 35.0 Å². The molecule has 150 valence electrons. The smallest absolute Gasteiger partial charge is 0.230 e. The quantitative estimate of drug-likeness (QED) is 0.622. The SMILES string of the molecule is COc1ccc(Nc2nnc(SCC(=O)NC(C)C3CC4CCC3C4)s2)cc1. The molecule has 0 saturated heterocycles. The molecular formula is C20H26N4O2S2. The largest absolute Gasteiger partial charge is 0.497 e. The Labute approximate surface area is 173 Å². The monoisotopic (exact) mass is 418 g/mol. The van der Waals surface area contributed by atoms with Gasteiger partial charge in [-0.15, -0.1) is 10.2 Å². The summed E-state index contributed by atoms with van der Waals surface area (Å²) < 4.78 is 5.95. The molecule has 2 bridgehead atoms. The van der Waals surface area contributed by atoms with Crippen molar-refractivity contribution in [3.63, 3.8) is 0 Å². The van der Waals surface area contributed by atoms with Crippen LogP contribution in [0.25, 0.3) is 0 Å². The van der Waals surface area contributed by atoms with Crippen LogP contribution in [0.15, 0.2) is 28.6 Å². The van der Waals surface area contributed by atoms with E-state index >= 15 is 0 Å². The summed E-state index contributed by atoms with van der Waals surface area (Å²) in [6.07, 6.45) is 5.39. The maximum Gasteiger partial charge on any atom is 0.230 e. The summed E-state index contributed by atoms with van der Waals surface area (Å²) in [7, 11) is 1.64. The highest BCUT2D eigenvalue weighted by molar-refractivity contribution is 8.01. The number of nitrogens with zero attached hydrogens (tertiary/aromatic N) is 2. The Morgan fingerprint density at radius 3 is 2.79 bits per heavy atom. The van der Waals surface area contributed by atoms with Gasteiger partial charge in [-0.05, 0) is 68.2 Å². The fourth-order valence-corrected chi connectivity index (χ4v) is 6.14. The topological polar surface area (TPSA) is 76.1 Å². The Hall–Kier alpha value is -1.80. The van der Waals surface area contributed by atoms with Crippen LogP contribution in [0.5, 0.6) is 5.75 Å². The zero-order chi connectivity index (χ0) is 19.5. The summed E-state index contributed by atoms with van der Waals surface area (Å²) in [5.41, 5.74) is 0.922. The molecule has 0 spiro atoms. The Morgan fingerprint density at radius 1 is 1.29 bits per heavy atom. The normalized spacial score (nSPS) is 24.1. The van der Waals surface area contributed by atoms with Crippen molar-refractivity contribution in [1.82, 2.24) is 15.5 Å². The second-order valence-electron chi connectivity index (χ2n) is 7.71. The number of carbonyl (C=O) groups is 1. The number of methoxy groups -OCH3 is 1. The minimum absolute atomic E-state index is 0.0835. The zero-order valence-electron chi connectivity index (χ0n) is 16.2. The number of rotatable bonds is 8. The highest BCUT2D eigenvalue weighted by Gasteiger charge is 2.42. The van der Waals surface area contributed by atoms with Crippen LogP contribution in [-0.2, 0) is 4.79 Å². The molecule has 2 aromatic rings. The van der Waals surface area contributed by atoms with Gasteiger partial charge in [0.15, 0.2) is 4.34 Å². The second-order valence-corrected chi connectivity index (χ2v) is 9.91. The summed E-state index contributed by atoms with van der Waals surface area (Å²) in [5.74, 6) is 3.66. The number of hydrogen-bond acceptors (Lipinski definition) is 7. The number of anilines is 2. The predicted octanol–water partition coefficient (Wildman–Crippen LogP) is 4.32. The lowest BCUT2D eigenvalue weighted by Gasteiger charge is -2.28. The molecule has 0 radical (unpaired) electrons. The highest BCUT2D eigenvalue weighted by Crippen LogP contribution is 2.49. The highest BCUT2D eigenvalue weighted by atomic mass is 32.2. The van der Waals surface area contributed by atoms with Gasteiger partial charge >= 0.3 is 0 Å². The van der Waals surface area contributed by atoms with Crippen LogP contribution in [0.2, 0.25) is 0 Å². The van der Waals surface area contributed by atoms with E-state index in [-0.39, 0.29) is 11.9 Å². The second kappa shape index (κ2) is 8.69. The number of hydrogen-bond donors (Lipinski definition) is 2. The van der Waals surface area contributed by atoms with E-state index in [0.717, 1.165) is 27.6 Å². The van der Waals surface area contributed by atoms with Crippen LogP contribution in [0.4, 0.5) is 10.8 Å². The van der Waals surface area contributed by atoms with Gasteiger partial charge in [-0.25, -0.2) is 0 Å². The van der Waals surface area contributed by atoms with Gasteiger partial charge in [-0.2, -0.15) is 0 Å². The standard InChI is InChI=1S/C20H26N4O2S2/c1-12(17-10-13-3-4-14(17)9-13)21-18(25)11-27-20-24-23-19(28-20)22-15-5-7-16(26-2)8-6-15/h5-8,12-14,17H,3-4,9-11H2,1-2H3,(H,21,25)(H,22,23). The van der Waals surface area contributed by atoms with Crippen molar-refractivity contribution in [3.8, 4) is 5.75 Å². The molecule has 2 aliphatic rings. The maximum atomic E-state index is 12.3. The fourth-order valence-electron chi connectivity index (χ4n) is 4.55. The first-order valence-electron chi connectivity index (χ1n) is 9.77. The Morgan fingerprint density at radius 2 is 2.11 bits per heavy atom. The summed E-state index contributed by atoms with van der Waals surface area (Å²) >= 11 is 2.89. The van der Waals surface area contributed by atoms with Gasteiger partial charge in [0.2, 0.25) is 11.0 Å². The molecule has 2 saturated carbocycles. The average Bonchev–Trinajstić information content (AvgIpc) is 3.44. The van der Waals surface area contributed by atoms with Gasteiger partial charge in [0, 0.05) is 11.7 Å². The van der Waals surface area contributed by atoms with E-state index in [2.05, 4.69) is 27.8 Å². The molecule has 2 fully saturated rings. The molecule has 4 unspecified atom stereocenters. The molecule has 2 aliphatic carbocycles. The van der Waals surface area contributed by atoms with Crippen molar-refractivity contribution >= 4 is 39.8 Å². The molecule has 1 amide bonds. The van der Waals surface area contributed by atoms with Crippen molar-refractivity contribution in [2.24, 2.45) is 17.8 Å². The zero-order valence-corrected chi connectivity index (χ0v) is 17.8. The van der Waals surface area contributed by atoms with Crippen LogP contribution >= 0.6 is 23.1 Å². The molecule has 6 nitrogen and oxygen atoms in total. The Kier molecular flexibility index (Phi) is 6.06. The number of benzene rings is 1. The van der Waals surface area contributed by atoms with Crippen LogP contribution in [0, 0.1) is 17.8 Å². The molecule has 2 N–H and O–H groups in total. The van der Waals surface area contributed by atoms with Crippen molar-refractivity contribution in [2.45, 2.75) is 43.0 Å². The van der Waals surface area contributed by atoms with Crippen LogP contribution in [0.1, 0.15) is 32.6 Å². The summed E-state index contributed by atoms with van der Waals surface area (Å²) in [4.78, 5) is 12.3. The number of thioether (sulfide) groups is 1. The van der Waals surface area contributed by atoms with Gasteiger partial charge in [-0.1, -0.05) is 29.5 Å². The van der Waals surface area contributed by atoms with E-state index < -0.39 is 0 Å². The van der Waals surface area contributed by atoms with Crippen molar-refractivity contribution in [1.29, 1.82) is 0 Å². The molecule has 1 heterocycles. The minimum atomic E-state index is 0.0835. The third-order valence-electron chi connectivity index (χ3n) is 5.90. The first kappa shape index (κ1) is 19.5. The third kappa shape index (κ3) is 4.60. The van der Waals surface area contributed by atoms with Crippen LogP contribution in [0.3, 0.4) is 0 Å². The summed E-state index contributed by atoms with van der Waals surface area (Å²) in [6, 6.07) is 7.90. The molecule has 1 aromatic carbocycles. The maximum absolute atomic E-state index is 12.3. The molecule has 0 aliphatic heterocycles. The van der Waals surface area contributed by atoms with Gasteiger partial charge in [0.25, 0.3) is 0 Å². The fraction of sp³-hybridized carbons (Fsp3) is 0.550. The van der Waals surface area contributed by atoms with Gasteiger partial charge in [-0.3, -0.25) is 4.79 Å². The van der Waals surface area contributed by atoms with E-state index in [1.54, 1.807) is 7.11 Å². The predicted molar refractivity (Wildman–Crippen MR) is 113 cm³/mol. The molecular weight excluding hydrogens is 392 g/mol. The number of carbonyl (C=O) groups excluding carboxylic acids is 1. The molecule has 8 heteroatoms. The van der Waals surface area contributed by atoms with E-state index in [1.165, 1.54) is 48.8 Å². The third-order valence-corrected chi connectivity index (χ3v) is 7.87. The summed E-state index contributed by atoms with van der Waals surface area (Å²) in [5, 5.41) is 15.5. The molecule has 4 rings (SSSR count). The van der Waals surface area contributed by atoms with E-state index in [0.29, 0.717) is 16.8 Å². The van der Waals surface area contributed by atoms with Crippen LogP contribution < -0.4 is 15.4 Å². The van der Waals surface area contributed by atoms with Crippen molar-refractivity contribution < 1.29 is 9.53 Å². The van der Waals surface area contributed by atoms with Gasteiger partial charge < -0.3 is 15.4 Å². The summed E-state index contributed by atoms with van der Waals surface area (Å²) in [6.45, 7) is 2.16. The van der Waals surface area contributed by atoms with E-state index in [4.69, 9.17) is 4.74 Å². The Bertz CT molecular complexity index is 811. The van der Waals surface area contributed by atoms with Crippen molar-refractivity contribution in [2.75, 3.05) is 18.2 Å². The molecule has 28 heavy (non-hydrogen) atoms. The van der Waals surface area contributed by atoms with Gasteiger partial charge in [0.05, 0.1) is 12.9 Å².